The van der Waals surface area contributed by atoms with Crippen molar-refractivity contribution in [3.05, 3.63) is 59.4 Å². The molecule has 0 aromatic heterocycles. The molecule has 7 heteroatoms. The van der Waals surface area contributed by atoms with Gasteiger partial charge in [0.15, 0.2) is 12.1 Å². The highest BCUT2D eigenvalue weighted by Gasteiger charge is 2.55. The van der Waals surface area contributed by atoms with Gasteiger partial charge in [-0.1, -0.05) is 29.5 Å². The van der Waals surface area contributed by atoms with E-state index in [2.05, 4.69) is 10.3 Å². The fourth-order valence-electron chi connectivity index (χ4n) is 3.15. The number of nitrogens with zero attached hydrogens (tertiary/aromatic N) is 4. The standard InChI is InChI=1S/C18H15FN4O2/c1-10-7-8-12(9-13(10)19)22-17(24)15-16(18(22)25)23(21-20-15)14-6-4-3-5-11(14)2/h3-9,15-16H,1-2H3/t15-,16-/m1/s1. The van der Waals surface area contributed by atoms with Gasteiger partial charge in [0.25, 0.3) is 11.8 Å². The molecule has 0 unspecified atom stereocenters. The van der Waals surface area contributed by atoms with Gasteiger partial charge in [-0.15, -0.1) is 0 Å². The van der Waals surface area contributed by atoms with E-state index in [0.717, 1.165) is 16.2 Å². The summed E-state index contributed by atoms with van der Waals surface area (Å²) in [7, 11) is 0. The molecule has 0 spiro atoms. The molecule has 1 saturated heterocycles. The lowest BCUT2D eigenvalue weighted by Gasteiger charge is -2.22. The second kappa shape index (κ2) is 5.47. The Morgan fingerprint density at radius 3 is 2.48 bits per heavy atom. The minimum atomic E-state index is -0.906. The summed E-state index contributed by atoms with van der Waals surface area (Å²) in [5.41, 5.74) is 2.30. The number of carbonyl (C=O) groups excluding carboxylic acids is 2. The Morgan fingerprint density at radius 1 is 1.00 bits per heavy atom. The van der Waals surface area contributed by atoms with Crippen LogP contribution in [0.5, 0.6) is 0 Å². The molecule has 2 aromatic carbocycles. The Kier molecular flexibility index (Phi) is 3.38. The Balaban J connectivity index is 1.73. The van der Waals surface area contributed by atoms with Gasteiger partial charge in [-0.3, -0.25) is 9.59 Å². The predicted molar refractivity (Wildman–Crippen MR) is 89.7 cm³/mol. The van der Waals surface area contributed by atoms with E-state index in [-0.39, 0.29) is 5.69 Å². The molecule has 2 amide bonds. The zero-order valence-electron chi connectivity index (χ0n) is 13.7. The van der Waals surface area contributed by atoms with Crippen LogP contribution < -0.4 is 9.91 Å². The summed E-state index contributed by atoms with van der Waals surface area (Å²) in [6, 6.07) is 9.99. The van der Waals surface area contributed by atoms with Crippen molar-refractivity contribution in [2.75, 3.05) is 9.91 Å². The predicted octanol–water partition coefficient (Wildman–Crippen LogP) is 2.94. The van der Waals surface area contributed by atoms with Crippen LogP contribution in [-0.2, 0) is 9.59 Å². The molecule has 2 aliphatic heterocycles. The summed E-state index contributed by atoms with van der Waals surface area (Å²) in [6.07, 6.45) is 0. The van der Waals surface area contributed by atoms with Crippen LogP contribution in [0, 0.1) is 19.7 Å². The number of para-hydroxylation sites is 1. The van der Waals surface area contributed by atoms with E-state index in [4.69, 9.17) is 0 Å². The zero-order valence-corrected chi connectivity index (χ0v) is 13.7. The maximum absolute atomic E-state index is 13.9. The van der Waals surface area contributed by atoms with Gasteiger partial charge in [0.2, 0.25) is 0 Å². The van der Waals surface area contributed by atoms with Crippen molar-refractivity contribution < 1.29 is 14.0 Å². The number of fused-ring (bicyclic) bond motifs is 1. The molecule has 2 heterocycles. The maximum atomic E-state index is 13.9. The highest BCUT2D eigenvalue weighted by Crippen LogP contribution is 2.36. The first kappa shape index (κ1) is 15.4. The molecule has 2 aliphatic rings. The molecule has 0 N–H and O–H groups in total. The van der Waals surface area contributed by atoms with Gasteiger partial charge < -0.3 is 0 Å². The van der Waals surface area contributed by atoms with E-state index in [1.54, 1.807) is 19.1 Å². The molecule has 126 valence electrons. The van der Waals surface area contributed by atoms with Crippen molar-refractivity contribution in [3.63, 3.8) is 0 Å². The fourth-order valence-corrected chi connectivity index (χ4v) is 3.15. The quantitative estimate of drug-likeness (QED) is 0.791. The molecular formula is C18H15FN4O2. The van der Waals surface area contributed by atoms with Crippen LogP contribution in [0.25, 0.3) is 0 Å². The summed E-state index contributed by atoms with van der Waals surface area (Å²) >= 11 is 0. The number of aryl methyl sites for hydroxylation is 2. The average molecular weight is 338 g/mol. The van der Waals surface area contributed by atoms with E-state index < -0.39 is 29.7 Å². The van der Waals surface area contributed by atoms with E-state index in [1.165, 1.54) is 11.1 Å². The summed E-state index contributed by atoms with van der Waals surface area (Å²) < 4.78 is 13.9. The van der Waals surface area contributed by atoms with Gasteiger partial charge in [-0.2, -0.15) is 5.11 Å². The third-order valence-corrected chi connectivity index (χ3v) is 4.56. The molecule has 1 fully saturated rings. The van der Waals surface area contributed by atoms with E-state index in [1.807, 2.05) is 31.2 Å². The monoisotopic (exact) mass is 338 g/mol. The number of benzene rings is 2. The molecule has 0 radical (unpaired) electrons. The van der Waals surface area contributed by atoms with Crippen LogP contribution in [0.3, 0.4) is 0 Å². The van der Waals surface area contributed by atoms with E-state index in [9.17, 15) is 14.0 Å². The molecule has 0 saturated carbocycles. The Hall–Kier alpha value is -3.09. The highest BCUT2D eigenvalue weighted by atomic mass is 19.1. The molecule has 6 nitrogen and oxygen atoms in total. The average Bonchev–Trinajstić information content (AvgIpc) is 3.12. The van der Waals surface area contributed by atoms with Crippen LogP contribution in [-0.4, -0.2) is 23.9 Å². The van der Waals surface area contributed by atoms with Crippen molar-refractivity contribution >= 4 is 23.2 Å². The highest BCUT2D eigenvalue weighted by molar-refractivity contribution is 6.26. The van der Waals surface area contributed by atoms with Crippen LogP contribution in [0.1, 0.15) is 11.1 Å². The minimum absolute atomic E-state index is 0.215. The lowest BCUT2D eigenvalue weighted by Crippen LogP contribution is -2.40. The normalized spacial score (nSPS) is 22.0. The van der Waals surface area contributed by atoms with Gasteiger partial charge in [0.1, 0.15) is 5.82 Å². The molecule has 4 rings (SSSR count). The first-order valence-corrected chi connectivity index (χ1v) is 7.88. The zero-order chi connectivity index (χ0) is 17.7. The molecule has 2 atom stereocenters. The second-order valence-corrected chi connectivity index (χ2v) is 6.17. The van der Waals surface area contributed by atoms with Gasteiger partial charge in [-0.05, 0) is 43.2 Å². The first-order chi connectivity index (χ1) is 12.0. The van der Waals surface area contributed by atoms with Crippen LogP contribution in [0.15, 0.2) is 52.8 Å². The lowest BCUT2D eigenvalue weighted by atomic mass is 10.1. The fraction of sp³-hybridized carbons (Fsp3) is 0.222. The van der Waals surface area contributed by atoms with Crippen LogP contribution in [0.2, 0.25) is 0 Å². The minimum Gasteiger partial charge on any atom is -0.271 e. The van der Waals surface area contributed by atoms with Crippen molar-refractivity contribution in [1.29, 1.82) is 0 Å². The topological polar surface area (TPSA) is 65.3 Å². The Labute approximate surface area is 143 Å². The summed E-state index contributed by atoms with van der Waals surface area (Å²) in [4.78, 5) is 26.6. The van der Waals surface area contributed by atoms with Gasteiger partial charge in [-0.25, -0.2) is 14.3 Å². The molecule has 2 aromatic rings. The summed E-state index contributed by atoms with van der Waals surface area (Å²) in [5, 5.41) is 9.49. The van der Waals surface area contributed by atoms with E-state index >= 15 is 0 Å². The van der Waals surface area contributed by atoms with Gasteiger partial charge >= 0.3 is 0 Å². The SMILES string of the molecule is Cc1ccc(N2C(=O)[C@@H]3N=NN(c4ccccc4C)[C@H]3C2=O)cc1F. The Bertz CT molecular complexity index is 927. The second-order valence-electron chi connectivity index (χ2n) is 6.17. The number of hydrogen-bond acceptors (Lipinski definition) is 5. The molecule has 25 heavy (non-hydrogen) atoms. The molecule has 0 aliphatic carbocycles. The number of imide groups is 1. The van der Waals surface area contributed by atoms with E-state index in [0.29, 0.717) is 5.56 Å². The lowest BCUT2D eigenvalue weighted by molar-refractivity contribution is -0.121. The number of halogens is 1. The maximum Gasteiger partial charge on any atom is 0.263 e. The van der Waals surface area contributed by atoms with Crippen molar-refractivity contribution in [3.8, 4) is 0 Å². The summed E-state index contributed by atoms with van der Waals surface area (Å²) in [6.45, 7) is 3.52. The number of hydrogen-bond donors (Lipinski definition) is 0. The third-order valence-electron chi connectivity index (χ3n) is 4.56. The van der Waals surface area contributed by atoms with Crippen molar-refractivity contribution in [1.82, 2.24) is 0 Å². The number of anilines is 2. The Morgan fingerprint density at radius 2 is 1.76 bits per heavy atom. The van der Waals surface area contributed by atoms with Crippen molar-refractivity contribution in [2.45, 2.75) is 25.9 Å². The van der Waals surface area contributed by atoms with Crippen LogP contribution >= 0.6 is 0 Å². The largest absolute Gasteiger partial charge is 0.271 e. The van der Waals surface area contributed by atoms with Gasteiger partial charge in [0, 0.05) is 0 Å². The number of carbonyl (C=O) groups is 2. The smallest absolute Gasteiger partial charge is 0.263 e. The van der Waals surface area contributed by atoms with Crippen molar-refractivity contribution in [2.24, 2.45) is 10.3 Å². The third kappa shape index (κ3) is 2.23. The number of rotatable bonds is 2. The molecular weight excluding hydrogens is 323 g/mol. The number of amides is 2. The first-order valence-electron chi connectivity index (χ1n) is 7.88. The molecule has 0 bridgehead atoms. The van der Waals surface area contributed by atoms with Crippen LogP contribution in [0.4, 0.5) is 15.8 Å². The van der Waals surface area contributed by atoms with Gasteiger partial charge in [0.05, 0.1) is 11.4 Å². The summed E-state index contributed by atoms with van der Waals surface area (Å²) in [5.74, 6) is -1.41.